The summed E-state index contributed by atoms with van der Waals surface area (Å²) in [4.78, 5) is 35.4. The molecule has 92 valence electrons. The average molecular weight is 241 g/mol. The largest absolute Gasteiger partial charge is 0.481 e. The first-order valence-corrected chi connectivity index (χ1v) is 4.72. The molecule has 0 aliphatic carbocycles. The van der Waals surface area contributed by atoms with Crippen LogP contribution in [0.1, 0.15) is 16.9 Å². The van der Waals surface area contributed by atoms with Crippen molar-refractivity contribution in [2.45, 2.75) is 6.42 Å². The maximum atomic E-state index is 11.7. The summed E-state index contributed by atoms with van der Waals surface area (Å²) in [6, 6.07) is 1.11. The molecule has 8 heteroatoms. The van der Waals surface area contributed by atoms with Crippen LogP contribution >= 0.6 is 0 Å². The molecule has 0 bridgehead atoms. The van der Waals surface area contributed by atoms with Crippen molar-refractivity contribution in [1.82, 2.24) is 9.88 Å². The van der Waals surface area contributed by atoms with Gasteiger partial charge in [0, 0.05) is 19.7 Å². The van der Waals surface area contributed by atoms with Crippen LogP contribution in [0.3, 0.4) is 0 Å². The van der Waals surface area contributed by atoms with Crippen molar-refractivity contribution in [3.63, 3.8) is 0 Å². The minimum atomic E-state index is -1.01. The Morgan fingerprint density at radius 3 is 2.71 bits per heavy atom. The highest BCUT2D eigenvalue weighted by molar-refractivity contribution is 5.93. The van der Waals surface area contributed by atoms with Gasteiger partial charge in [0.1, 0.15) is 5.69 Å². The molecule has 1 heterocycles. The van der Waals surface area contributed by atoms with E-state index in [0.29, 0.717) is 0 Å². The van der Waals surface area contributed by atoms with Crippen LogP contribution in [0, 0.1) is 10.1 Å². The maximum absolute atomic E-state index is 11.7. The molecule has 1 rings (SSSR count). The highest BCUT2D eigenvalue weighted by atomic mass is 16.6. The van der Waals surface area contributed by atoms with Gasteiger partial charge in [-0.25, -0.2) is 0 Å². The topological polar surface area (TPSA) is 117 Å². The number of aliphatic carboxylic acids is 1. The Hall–Kier alpha value is -2.38. The zero-order valence-corrected chi connectivity index (χ0v) is 9.04. The number of hydrogen-bond acceptors (Lipinski definition) is 4. The summed E-state index contributed by atoms with van der Waals surface area (Å²) >= 11 is 0. The summed E-state index contributed by atoms with van der Waals surface area (Å²) in [5.74, 6) is -1.50. The second-order valence-corrected chi connectivity index (χ2v) is 3.40. The van der Waals surface area contributed by atoms with Gasteiger partial charge in [0.25, 0.3) is 11.6 Å². The molecule has 0 aliphatic heterocycles. The van der Waals surface area contributed by atoms with E-state index in [1.165, 1.54) is 11.9 Å². The van der Waals surface area contributed by atoms with E-state index in [2.05, 4.69) is 4.98 Å². The van der Waals surface area contributed by atoms with Crippen LogP contribution in [0.4, 0.5) is 5.69 Å². The lowest BCUT2D eigenvalue weighted by molar-refractivity contribution is -0.384. The van der Waals surface area contributed by atoms with E-state index < -0.39 is 16.8 Å². The lowest BCUT2D eigenvalue weighted by atomic mass is 10.3. The monoisotopic (exact) mass is 241 g/mol. The third kappa shape index (κ3) is 3.30. The average Bonchev–Trinajstić information content (AvgIpc) is 2.73. The van der Waals surface area contributed by atoms with E-state index in [1.54, 1.807) is 0 Å². The zero-order chi connectivity index (χ0) is 13.0. The number of aromatic amines is 1. The highest BCUT2D eigenvalue weighted by Gasteiger charge is 2.17. The number of carbonyl (C=O) groups is 2. The van der Waals surface area contributed by atoms with Gasteiger partial charge in [-0.1, -0.05) is 0 Å². The first-order valence-electron chi connectivity index (χ1n) is 4.72. The van der Waals surface area contributed by atoms with E-state index in [1.807, 2.05) is 0 Å². The summed E-state index contributed by atoms with van der Waals surface area (Å²) in [7, 11) is 1.43. The van der Waals surface area contributed by atoms with Gasteiger partial charge in [0.05, 0.1) is 17.5 Å². The Kier molecular flexibility index (Phi) is 3.81. The number of nitrogens with zero attached hydrogens (tertiary/aromatic N) is 2. The SMILES string of the molecule is CN(CCC(=O)O)C(=O)c1cc([N+](=O)[O-])c[nH]1. The standard InChI is InChI=1S/C9H11N3O5/c1-11(3-2-8(13)14)9(15)7-4-6(5-10-7)12(16)17/h4-5,10H,2-3H2,1H3,(H,13,14). The van der Waals surface area contributed by atoms with Crippen LogP contribution in [-0.4, -0.2) is 45.4 Å². The van der Waals surface area contributed by atoms with Crippen molar-refractivity contribution >= 4 is 17.6 Å². The first-order chi connectivity index (χ1) is 7.91. The van der Waals surface area contributed by atoms with E-state index in [0.717, 1.165) is 12.3 Å². The fourth-order valence-corrected chi connectivity index (χ4v) is 1.18. The second kappa shape index (κ2) is 5.10. The normalized spacial score (nSPS) is 9.94. The molecule has 0 unspecified atom stereocenters. The summed E-state index contributed by atoms with van der Waals surface area (Å²) in [5.41, 5.74) is -0.149. The molecule has 17 heavy (non-hydrogen) atoms. The molecule has 0 fully saturated rings. The van der Waals surface area contributed by atoms with Crippen LogP contribution < -0.4 is 0 Å². The minimum Gasteiger partial charge on any atom is -0.481 e. The number of carbonyl (C=O) groups excluding carboxylic acids is 1. The fourth-order valence-electron chi connectivity index (χ4n) is 1.18. The first kappa shape index (κ1) is 12.7. The molecular weight excluding hydrogens is 230 g/mol. The molecule has 0 spiro atoms. The molecule has 8 nitrogen and oxygen atoms in total. The Morgan fingerprint density at radius 1 is 1.59 bits per heavy atom. The number of hydrogen-bond donors (Lipinski definition) is 2. The van der Waals surface area contributed by atoms with Crippen LogP contribution in [0.25, 0.3) is 0 Å². The van der Waals surface area contributed by atoms with Gasteiger partial charge in [-0.15, -0.1) is 0 Å². The van der Waals surface area contributed by atoms with Crippen LogP contribution in [0.5, 0.6) is 0 Å². The van der Waals surface area contributed by atoms with Crippen molar-refractivity contribution < 1.29 is 19.6 Å². The third-order valence-electron chi connectivity index (χ3n) is 2.12. The number of H-pyrrole nitrogens is 1. The molecule has 1 aromatic rings. The molecular formula is C9H11N3O5. The van der Waals surface area contributed by atoms with E-state index in [4.69, 9.17) is 5.11 Å². The van der Waals surface area contributed by atoms with E-state index in [9.17, 15) is 19.7 Å². The van der Waals surface area contributed by atoms with Crippen molar-refractivity contribution in [2.75, 3.05) is 13.6 Å². The van der Waals surface area contributed by atoms with Crippen LogP contribution in [0.15, 0.2) is 12.3 Å². The Balaban J connectivity index is 2.68. The quantitative estimate of drug-likeness (QED) is 0.574. The number of amides is 1. The lowest BCUT2D eigenvalue weighted by Gasteiger charge is -2.14. The molecule has 0 radical (unpaired) electrons. The number of nitro groups is 1. The lowest BCUT2D eigenvalue weighted by Crippen LogP contribution is -2.29. The van der Waals surface area contributed by atoms with Gasteiger partial charge >= 0.3 is 5.97 Å². The minimum absolute atomic E-state index is 0.0426. The smallest absolute Gasteiger partial charge is 0.305 e. The summed E-state index contributed by atoms with van der Waals surface area (Å²) in [6.07, 6.45) is 0.934. The Morgan fingerprint density at radius 2 is 2.24 bits per heavy atom. The number of rotatable bonds is 5. The van der Waals surface area contributed by atoms with E-state index in [-0.39, 0.29) is 24.3 Å². The zero-order valence-electron chi connectivity index (χ0n) is 9.04. The number of carboxylic acid groups (broad SMARTS) is 1. The number of nitrogens with one attached hydrogen (secondary N) is 1. The van der Waals surface area contributed by atoms with Crippen molar-refractivity contribution in [3.8, 4) is 0 Å². The van der Waals surface area contributed by atoms with Gasteiger partial charge in [-0.3, -0.25) is 19.7 Å². The molecule has 0 aliphatic rings. The number of aromatic nitrogens is 1. The van der Waals surface area contributed by atoms with E-state index >= 15 is 0 Å². The van der Waals surface area contributed by atoms with Crippen molar-refractivity contribution in [1.29, 1.82) is 0 Å². The number of carboxylic acids is 1. The molecule has 0 saturated carbocycles. The fraction of sp³-hybridized carbons (Fsp3) is 0.333. The molecule has 0 aromatic carbocycles. The highest BCUT2D eigenvalue weighted by Crippen LogP contribution is 2.13. The predicted octanol–water partition coefficient (Wildman–Crippen LogP) is 0.470. The van der Waals surface area contributed by atoms with Gasteiger partial charge in [-0.05, 0) is 0 Å². The second-order valence-electron chi connectivity index (χ2n) is 3.40. The summed E-state index contributed by atoms with van der Waals surface area (Å²) in [5, 5.41) is 18.9. The maximum Gasteiger partial charge on any atom is 0.305 e. The summed E-state index contributed by atoms with van der Waals surface area (Å²) < 4.78 is 0. The summed E-state index contributed by atoms with van der Waals surface area (Å²) in [6.45, 7) is 0.0426. The molecule has 2 N–H and O–H groups in total. The van der Waals surface area contributed by atoms with Crippen LogP contribution in [0.2, 0.25) is 0 Å². The molecule has 1 aromatic heterocycles. The predicted molar refractivity (Wildman–Crippen MR) is 56.7 cm³/mol. The van der Waals surface area contributed by atoms with Gasteiger partial charge in [0.15, 0.2) is 0 Å². The third-order valence-corrected chi connectivity index (χ3v) is 2.12. The van der Waals surface area contributed by atoms with Crippen molar-refractivity contribution in [3.05, 3.63) is 28.1 Å². The van der Waals surface area contributed by atoms with Gasteiger partial charge < -0.3 is 15.0 Å². The van der Waals surface area contributed by atoms with Gasteiger partial charge in [-0.2, -0.15) is 0 Å². The molecule has 0 saturated heterocycles. The molecule has 0 atom stereocenters. The van der Waals surface area contributed by atoms with Gasteiger partial charge in [0.2, 0.25) is 0 Å². The Labute approximate surface area is 96.0 Å². The Bertz CT molecular complexity index is 453. The van der Waals surface area contributed by atoms with Crippen molar-refractivity contribution in [2.24, 2.45) is 0 Å². The molecule has 1 amide bonds. The van der Waals surface area contributed by atoms with Crippen LogP contribution in [-0.2, 0) is 4.79 Å².